The Bertz CT molecular complexity index is 6080. The summed E-state index contributed by atoms with van der Waals surface area (Å²) in [6.45, 7) is 18.4. The summed E-state index contributed by atoms with van der Waals surface area (Å²) in [5.74, 6) is 0. The Morgan fingerprint density at radius 3 is 0.904 bits per heavy atom. The first-order valence-electron chi connectivity index (χ1n) is 48.6. The van der Waals surface area contributed by atoms with Crippen molar-refractivity contribution in [1.29, 1.82) is 0 Å². The van der Waals surface area contributed by atoms with Gasteiger partial charge in [-0.25, -0.2) is 0 Å². The number of unbranched alkanes of at least 4 members (excludes halogenated alkanes) is 16. The molecular weight excluding hydrogens is 1510 g/mol. The minimum atomic E-state index is -0.518. The van der Waals surface area contributed by atoms with Crippen molar-refractivity contribution in [3.63, 3.8) is 0 Å². The topological polar surface area (TPSA) is 6.48 Å². The summed E-state index contributed by atoms with van der Waals surface area (Å²) >= 11 is 0. The minimum absolute atomic E-state index is 0.229. The van der Waals surface area contributed by atoms with E-state index in [4.69, 9.17) is 0 Å². The van der Waals surface area contributed by atoms with E-state index in [1.54, 1.807) is 0 Å². The van der Waals surface area contributed by atoms with E-state index in [1.165, 1.54) is 325 Å². The van der Waals surface area contributed by atoms with E-state index in [-0.39, 0.29) is 5.41 Å². The highest BCUT2D eigenvalue weighted by molar-refractivity contribution is 5.93. The molecule has 0 unspecified atom stereocenters. The summed E-state index contributed by atoms with van der Waals surface area (Å²) in [6.07, 6.45) is 34.1. The summed E-state index contributed by atoms with van der Waals surface area (Å²) in [7, 11) is 0. The highest BCUT2D eigenvalue weighted by Gasteiger charge is 2.50. The molecule has 5 aliphatic carbocycles. The van der Waals surface area contributed by atoms with Gasteiger partial charge in [0.2, 0.25) is 0 Å². The van der Waals surface area contributed by atoms with Crippen molar-refractivity contribution >= 4 is 34.1 Å². The molecule has 0 aromatic heterocycles. The van der Waals surface area contributed by atoms with Gasteiger partial charge < -0.3 is 9.80 Å². The molecule has 14 aromatic rings. The monoisotopic (exact) mass is 1630 g/mol. The number of rotatable bonds is 36. The first kappa shape index (κ1) is 83.2. The lowest BCUT2D eigenvalue weighted by Crippen LogP contribution is -2.30. The van der Waals surface area contributed by atoms with Crippen LogP contribution in [0.15, 0.2) is 291 Å². The normalized spacial score (nSPS) is 14.1. The number of benzene rings is 14. The third-order valence-corrected chi connectivity index (χ3v) is 29.8. The molecule has 0 saturated carbocycles. The number of nitrogens with zero attached hydrogens (tertiary/aromatic N) is 2. The highest BCUT2D eigenvalue weighted by atomic mass is 15.1. The second kappa shape index (κ2) is 36.3. The molecule has 0 aliphatic heterocycles. The fourth-order valence-electron chi connectivity index (χ4n) is 22.8. The van der Waals surface area contributed by atoms with E-state index in [2.05, 4.69) is 356 Å². The van der Waals surface area contributed by atoms with Crippen molar-refractivity contribution < 1.29 is 0 Å². The van der Waals surface area contributed by atoms with Crippen molar-refractivity contribution in [3.8, 4) is 55.6 Å². The van der Waals surface area contributed by atoms with Crippen LogP contribution in [0.1, 0.15) is 280 Å². The predicted octanol–water partition coefficient (Wildman–Crippen LogP) is 34.1. The zero-order chi connectivity index (χ0) is 85.2. The van der Waals surface area contributed by atoms with Crippen LogP contribution < -0.4 is 9.80 Å². The largest absolute Gasteiger partial charge is 0.310 e. The molecule has 0 N–H and O–H groups in total. The van der Waals surface area contributed by atoms with Crippen molar-refractivity contribution in [2.45, 2.75) is 251 Å². The average molecular weight is 1630 g/mol. The SMILES string of the molecule is CCCCCCCCC1(CCCCCCCC)c2cc(N(c3ccc(C)cc3)c3ccc(-c4ccc5c(c4)C(c4cccc(CCCCCC)c4)(c4cccc(CCCCCC)c4)c4cc(C)ccc4-5)cc3)ccc2-c2ccc(N(c3ccc(C)cc3)c3ccc(-c4ccc5c(c4)C(c4ccc6c(c4)CC6)(c4ccc6c(c4)CC6)c4cc(C)ccc4-5)cc3)cc21. The molecule has 14 aromatic carbocycles. The van der Waals surface area contributed by atoms with Gasteiger partial charge in [0.25, 0.3) is 0 Å². The first-order valence-corrected chi connectivity index (χ1v) is 48.6. The molecule has 0 heterocycles. The second-order valence-corrected chi connectivity index (χ2v) is 38.1. The molecule has 5 aliphatic rings. The third kappa shape index (κ3) is 15.7. The van der Waals surface area contributed by atoms with Gasteiger partial charge in [-0.05, 0) is 321 Å². The van der Waals surface area contributed by atoms with Gasteiger partial charge >= 0.3 is 0 Å². The Hall–Kier alpha value is -11.3. The second-order valence-electron chi connectivity index (χ2n) is 38.1. The molecule has 0 radical (unpaired) electrons. The van der Waals surface area contributed by atoms with Gasteiger partial charge in [-0.15, -0.1) is 0 Å². The summed E-state index contributed by atoms with van der Waals surface area (Å²) in [5.41, 5.74) is 47.0. The molecule has 0 amide bonds. The van der Waals surface area contributed by atoms with Crippen molar-refractivity contribution in [2.24, 2.45) is 0 Å². The minimum Gasteiger partial charge on any atom is -0.310 e. The van der Waals surface area contributed by atoms with Crippen LogP contribution in [0.5, 0.6) is 0 Å². The van der Waals surface area contributed by atoms with Crippen LogP contribution in [0, 0.1) is 27.7 Å². The smallest absolute Gasteiger partial charge is 0.0714 e. The number of aryl methyl sites for hydroxylation is 10. The zero-order valence-corrected chi connectivity index (χ0v) is 75.9. The Kier molecular flexibility index (Phi) is 24.2. The van der Waals surface area contributed by atoms with Gasteiger partial charge in [0.15, 0.2) is 0 Å². The standard InChI is InChI=1S/C123H128N2/c1-9-13-17-21-23-27-73-121(74-28-24-22-18-14-10-2)115-83-107(124(103-57-37-85(5)38-58-103)105-61-49-93(50-62-105)97-53-69-113-111-67-41-87(7)75-117(111)122(119(113)81-97,99-35-29-33-89(77-99)31-25-19-15-11-3)100-36-30-34-90(78-100)32-26-20-16-12-4)65-71-109(115)110-72-66-108(84-116(110)121)125(104-59-39-86(6)40-60-104)106-63-51-94(52-64-106)98-54-70-114-112-68-42-88(8)76-118(112)123(120(114)82-98,101-55-47-91-43-45-95(91)79-101)102-56-48-92-44-46-96(92)80-102/h29-30,33-42,47-72,75-84H,9-28,31-32,43-46,73-74H2,1-8H3. The molecule has 630 valence electrons. The molecule has 0 bridgehead atoms. The molecule has 2 heteroatoms. The number of fused-ring (bicyclic) bond motifs is 11. The number of anilines is 6. The lowest BCUT2D eigenvalue weighted by Gasteiger charge is -2.37. The Labute approximate surface area is 748 Å². The number of hydrogen-bond acceptors (Lipinski definition) is 2. The van der Waals surface area contributed by atoms with Crippen molar-refractivity contribution in [3.05, 3.63) is 402 Å². The first-order chi connectivity index (χ1) is 61.4. The molecular formula is C123H128N2. The van der Waals surface area contributed by atoms with Crippen LogP contribution in [0.25, 0.3) is 55.6 Å². The van der Waals surface area contributed by atoms with E-state index in [1.807, 2.05) is 0 Å². The van der Waals surface area contributed by atoms with Crippen LogP contribution in [-0.4, -0.2) is 0 Å². The fraction of sp³-hybridized carbons (Fsp3) is 0.317. The maximum absolute atomic E-state index is 2.67. The lowest BCUT2D eigenvalue weighted by atomic mass is 9.65. The molecule has 0 fully saturated rings. The van der Waals surface area contributed by atoms with E-state index >= 15 is 0 Å². The lowest BCUT2D eigenvalue weighted by molar-refractivity contribution is 0.398. The quantitative estimate of drug-likeness (QED) is 0.0361. The summed E-state index contributed by atoms with van der Waals surface area (Å²) in [6, 6.07) is 117. The summed E-state index contributed by atoms with van der Waals surface area (Å²) in [4.78, 5) is 5.13. The number of hydrogen-bond donors (Lipinski definition) is 0. The van der Waals surface area contributed by atoms with E-state index in [0.717, 1.165) is 55.6 Å². The molecule has 0 atom stereocenters. The van der Waals surface area contributed by atoms with Crippen LogP contribution in [0.4, 0.5) is 34.1 Å². The average Bonchev–Trinajstić information content (AvgIpc) is 1.54. The van der Waals surface area contributed by atoms with Crippen molar-refractivity contribution in [1.82, 2.24) is 0 Å². The van der Waals surface area contributed by atoms with Gasteiger partial charge in [0, 0.05) is 39.5 Å². The molecule has 19 rings (SSSR count). The highest BCUT2D eigenvalue weighted by Crippen LogP contribution is 2.62. The van der Waals surface area contributed by atoms with E-state index < -0.39 is 10.8 Å². The van der Waals surface area contributed by atoms with Crippen LogP contribution in [-0.2, 0) is 54.8 Å². The Balaban J connectivity index is 0.708. The maximum Gasteiger partial charge on any atom is 0.0714 e. The Morgan fingerprint density at radius 1 is 0.224 bits per heavy atom. The Morgan fingerprint density at radius 2 is 0.528 bits per heavy atom. The van der Waals surface area contributed by atoms with Crippen LogP contribution >= 0.6 is 0 Å². The predicted molar refractivity (Wildman–Crippen MR) is 533 cm³/mol. The van der Waals surface area contributed by atoms with Gasteiger partial charge in [-0.2, -0.15) is 0 Å². The van der Waals surface area contributed by atoms with Gasteiger partial charge in [-0.1, -0.05) is 372 Å². The maximum atomic E-state index is 2.67. The van der Waals surface area contributed by atoms with Crippen molar-refractivity contribution in [2.75, 3.05) is 9.80 Å². The summed E-state index contributed by atoms with van der Waals surface area (Å²) in [5, 5.41) is 0. The molecule has 0 spiro atoms. The fourth-order valence-corrected chi connectivity index (χ4v) is 22.8. The zero-order valence-electron chi connectivity index (χ0n) is 75.9. The van der Waals surface area contributed by atoms with E-state index in [9.17, 15) is 0 Å². The van der Waals surface area contributed by atoms with Gasteiger partial charge in [0.1, 0.15) is 0 Å². The van der Waals surface area contributed by atoms with Gasteiger partial charge in [0.05, 0.1) is 10.8 Å². The summed E-state index contributed by atoms with van der Waals surface area (Å²) < 4.78 is 0. The van der Waals surface area contributed by atoms with E-state index in [0.29, 0.717) is 0 Å². The third-order valence-electron chi connectivity index (χ3n) is 29.8. The van der Waals surface area contributed by atoms with Crippen LogP contribution in [0.3, 0.4) is 0 Å². The molecule has 125 heavy (non-hydrogen) atoms. The molecule has 0 saturated heterocycles. The van der Waals surface area contributed by atoms with Gasteiger partial charge in [-0.3, -0.25) is 0 Å². The molecule has 2 nitrogen and oxygen atoms in total. The van der Waals surface area contributed by atoms with Crippen LogP contribution in [0.2, 0.25) is 0 Å².